The van der Waals surface area contributed by atoms with E-state index in [1.165, 1.54) is 12.0 Å². The summed E-state index contributed by atoms with van der Waals surface area (Å²) in [5.41, 5.74) is 0.797. The Labute approximate surface area is 230 Å². The van der Waals surface area contributed by atoms with Gasteiger partial charge in [0.05, 0.1) is 19.8 Å². The lowest BCUT2D eigenvalue weighted by Crippen LogP contribution is -2.67. The van der Waals surface area contributed by atoms with Crippen molar-refractivity contribution in [1.29, 1.82) is 0 Å². The monoisotopic (exact) mass is 545 g/mol. The molecule has 1 heterocycles. The smallest absolute Gasteiger partial charge is 0.411 e. The molecular weight excluding hydrogens is 510 g/mol. The highest BCUT2D eigenvalue weighted by Gasteiger charge is 2.53. The molecule has 1 aliphatic heterocycles. The van der Waals surface area contributed by atoms with E-state index in [1.54, 1.807) is 0 Å². The van der Waals surface area contributed by atoms with Crippen molar-refractivity contribution in [2.45, 2.75) is 50.9 Å². The minimum atomic E-state index is -2.94. The molecule has 1 saturated heterocycles. The van der Waals surface area contributed by atoms with Gasteiger partial charge in [-0.05, 0) is 21.0 Å². The van der Waals surface area contributed by atoms with Gasteiger partial charge in [-0.3, -0.25) is 9.69 Å². The van der Waals surface area contributed by atoms with Crippen LogP contribution < -0.4 is 10.4 Å². The normalized spacial score (nSPS) is 17.6. The zero-order chi connectivity index (χ0) is 28.0. The van der Waals surface area contributed by atoms with Gasteiger partial charge in [0.1, 0.15) is 6.61 Å². The molecule has 1 aliphatic rings. The molecule has 0 N–H and O–H groups in total. The quantitative estimate of drug-likeness (QED) is 0.241. The summed E-state index contributed by atoms with van der Waals surface area (Å²) in [4.78, 5) is 40.2. The summed E-state index contributed by atoms with van der Waals surface area (Å²) in [5, 5.41) is 1.87. The Hall–Kier alpha value is -3.75. The van der Waals surface area contributed by atoms with E-state index in [2.05, 4.69) is 45.0 Å². The third-order valence-electron chi connectivity index (χ3n) is 7.16. The van der Waals surface area contributed by atoms with Crippen LogP contribution in [-0.2, 0) is 30.1 Å². The minimum absolute atomic E-state index is 0.0144. The fraction of sp³-hybridized carbons (Fsp3) is 0.323. The van der Waals surface area contributed by atoms with E-state index in [1.807, 2.05) is 66.7 Å². The Morgan fingerprint density at radius 1 is 0.872 bits per heavy atom. The third kappa shape index (κ3) is 5.82. The Kier molecular flexibility index (Phi) is 8.67. The number of esters is 1. The summed E-state index contributed by atoms with van der Waals surface area (Å²) in [6.45, 7) is 6.54. The largest absolute Gasteiger partial charge is 0.467 e. The number of amides is 1. The summed E-state index contributed by atoms with van der Waals surface area (Å²) in [7, 11) is -1.73. The fourth-order valence-electron chi connectivity index (χ4n) is 5.34. The number of ketones is 1. The molecule has 0 radical (unpaired) electrons. The van der Waals surface area contributed by atoms with Crippen LogP contribution in [0.15, 0.2) is 91.0 Å². The van der Waals surface area contributed by atoms with Gasteiger partial charge >= 0.3 is 12.1 Å². The number of carbonyl (C=O) groups is 3. The molecule has 1 fully saturated rings. The predicted octanol–water partition coefficient (Wildman–Crippen LogP) is 4.08. The second-order valence-electron chi connectivity index (χ2n) is 10.7. The van der Waals surface area contributed by atoms with Crippen LogP contribution in [0.4, 0.5) is 4.79 Å². The first-order valence-corrected chi connectivity index (χ1v) is 14.9. The van der Waals surface area contributed by atoms with Gasteiger partial charge in [-0.1, -0.05) is 112 Å². The highest BCUT2D eigenvalue weighted by molar-refractivity contribution is 6.99. The molecule has 4 rings (SSSR count). The topological polar surface area (TPSA) is 82.1 Å². The molecule has 3 aromatic rings. The Morgan fingerprint density at radius 3 is 1.87 bits per heavy atom. The van der Waals surface area contributed by atoms with E-state index < -0.39 is 38.2 Å². The second kappa shape index (κ2) is 12.0. The first kappa shape index (κ1) is 28.3. The molecule has 1 unspecified atom stereocenters. The second-order valence-corrected chi connectivity index (χ2v) is 15.0. The lowest BCUT2D eigenvalue weighted by atomic mass is 10.2. The molecule has 7 nitrogen and oxygen atoms in total. The summed E-state index contributed by atoms with van der Waals surface area (Å²) >= 11 is 0. The molecule has 0 saturated carbocycles. The number of methoxy groups -OCH3 is 1. The fourth-order valence-corrected chi connectivity index (χ4v) is 9.93. The zero-order valence-corrected chi connectivity index (χ0v) is 23.8. The zero-order valence-electron chi connectivity index (χ0n) is 22.8. The van der Waals surface area contributed by atoms with Gasteiger partial charge in [0.25, 0.3) is 8.32 Å². The van der Waals surface area contributed by atoms with Crippen molar-refractivity contribution in [1.82, 2.24) is 4.90 Å². The number of hydrogen-bond acceptors (Lipinski definition) is 6. The van der Waals surface area contributed by atoms with Crippen molar-refractivity contribution in [3.8, 4) is 0 Å². The lowest BCUT2D eigenvalue weighted by Gasteiger charge is -2.44. The van der Waals surface area contributed by atoms with Crippen molar-refractivity contribution in [2.24, 2.45) is 0 Å². The van der Waals surface area contributed by atoms with Gasteiger partial charge in [0.2, 0.25) is 0 Å². The Balaban J connectivity index is 1.68. The number of benzene rings is 3. The van der Waals surface area contributed by atoms with E-state index in [4.69, 9.17) is 13.9 Å². The van der Waals surface area contributed by atoms with Gasteiger partial charge in [-0.2, -0.15) is 0 Å². The average molecular weight is 546 g/mol. The standard InChI is InChI=1S/C31H35NO6Si/c1-31(2,3)39(25-16-10-6-11-17-25,26-18-12-7-13-19-26)38-22-24-20-27(33)28(29(34)36-4)32(24)30(35)37-21-23-14-8-5-9-15-23/h5-19,24,28H,20-22H2,1-4H3/t24-,28?/m0/s1. The number of carbonyl (C=O) groups excluding carboxylic acids is 3. The first-order chi connectivity index (χ1) is 18.7. The van der Waals surface area contributed by atoms with Crippen LogP contribution in [0.1, 0.15) is 32.8 Å². The number of nitrogens with zero attached hydrogens (tertiary/aromatic N) is 1. The van der Waals surface area contributed by atoms with Crippen molar-refractivity contribution in [3.63, 3.8) is 0 Å². The van der Waals surface area contributed by atoms with E-state index in [0.717, 1.165) is 15.9 Å². The number of likely N-dealkylation sites (tertiary alicyclic amines) is 1. The molecular formula is C31H35NO6Si. The van der Waals surface area contributed by atoms with Crippen LogP contribution in [0.25, 0.3) is 0 Å². The molecule has 0 spiro atoms. The van der Waals surface area contributed by atoms with Gasteiger partial charge in [0.15, 0.2) is 11.8 Å². The molecule has 3 aromatic carbocycles. The van der Waals surface area contributed by atoms with Crippen LogP contribution in [0, 0.1) is 0 Å². The van der Waals surface area contributed by atoms with Gasteiger partial charge in [-0.25, -0.2) is 9.59 Å². The number of rotatable bonds is 8. The number of hydrogen-bond donors (Lipinski definition) is 0. The van der Waals surface area contributed by atoms with Gasteiger partial charge < -0.3 is 13.9 Å². The van der Waals surface area contributed by atoms with Crippen LogP contribution in [0.3, 0.4) is 0 Å². The van der Waals surface area contributed by atoms with Crippen molar-refractivity contribution >= 4 is 36.5 Å². The molecule has 39 heavy (non-hydrogen) atoms. The Morgan fingerprint density at radius 2 is 1.38 bits per heavy atom. The highest BCUT2D eigenvalue weighted by Crippen LogP contribution is 2.37. The van der Waals surface area contributed by atoms with E-state index in [-0.39, 0.29) is 24.7 Å². The third-order valence-corrected chi connectivity index (χ3v) is 12.2. The van der Waals surface area contributed by atoms with Crippen molar-refractivity contribution in [3.05, 3.63) is 96.6 Å². The molecule has 8 heteroatoms. The minimum Gasteiger partial charge on any atom is -0.467 e. The summed E-state index contributed by atoms with van der Waals surface area (Å²) in [6, 6.07) is 27.4. The summed E-state index contributed by atoms with van der Waals surface area (Å²) in [6.07, 6.45) is -0.783. The summed E-state index contributed by atoms with van der Waals surface area (Å²) in [5.74, 6) is -1.18. The molecule has 204 valence electrons. The SMILES string of the molecule is COC(=O)C1C(=O)C[C@@H](CO[Si](c2ccccc2)(c2ccccc2)C(C)(C)C)N1C(=O)OCc1ccccc1. The van der Waals surface area contributed by atoms with Crippen LogP contribution in [0.5, 0.6) is 0 Å². The van der Waals surface area contributed by atoms with E-state index in [9.17, 15) is 14.4 Å². The van der Waals surface area contributed by atoms with E-state index in [0.29, 0.717) is 0 Å². The maximum atomic E-state index is 13.4. The lowest BCUT2D eigenvalue weighted by molar-refractivity contribution is -0.148. The van der Waals surface area contributed by atoms with Gasteiger partial charge in [0, 0.05) is 6.42 Å². The summed E-state index contributed by atoms with van der Waals surface area (Å²) < 4.78 is 17.4. The van der Waals surface area contributed by atoms with Crippen molar-refractivity contribution in [2.75, 3.05) is 13.7 Å². The molecule has 0 bridgehead atoms. The van der Waals surface area contributed by atoms with E-state index >= 15 is 0 Å². The number of Topliss-reactive ketones (excluding diaryl/α,β-unsaturated/α-hetero) is 1. The van der Waals surface area contributed by atoms with Crippen LogP contribution in [-0.4, -0.2) is 56.9 Å². The average Bonchev–Trinajstić information content (AvgIpc) is 3.28. The Bertz CT molecular complexity index is 1240. The van der Waals surface area contributed by atoms with Crippen molar-refractivity contribution < 1.29 is 28.3 Å². The van der Waals surface area contributed by atoms with Gasteiger partial charge in [-0.15, -0.1) is 0 Å². The molecule has 0 aromatic heterocycles. The van der Waals surface area contributed by atoms with Crippen LogP contribution >= 0.6 is 0 Å². The highest BCUT2D eigenvalue weighted by atomic mass is 28.4. The van der Waals surface area contributed by atoms with Crippen LogP contribution in [0.2, 0.25) is 5.04 Å². The maximum absolute atomic E-state index is 13.4. The number of ether oxygens (including phenoxy) is 2. The first-order valence-electron chi connectivity index (χ1n) is 13.0. The molecule has 0 aliphatic carbocycles. The molecule has 2 atom stereocenters. The maximum Gasteiger partial charge on any atom is 0.411 e. The predicted molar refractivity (Wildman–Crippen MR) is 151 cm³/mol. The molecule has 1 amide bonds.